The summed E-state index contributed by atoms with van der Waals surface area (Å²) >= 11 is 0. The van der Waals surface area contributed by atoms with Crippen molar-refractivity contribution in [3.05, 3.63) is 47.7 Å². The van der Waals surface area contributed by atoms with E-state index in [2.05, 4.69) is 28.1 Å². The largest absolute Gasteiger partial charge is 0.490 e. The van der Waals surface area contributed by atoms with Gasteiger partial charge >= 0.3 is 0 Å². The molecule has 24 heavy (non-hydrogen) atoms. The molecule has 0 saturated carbocycles. The molecule has 0 N–H and O–H groups in total. The fourth-order valence-electron chi connectivity index (χ4n) is 3.40. The molecule has 0 bridgehead atoms. The highest BCUT2D eigenvalue weighted by atomic mass is 16.5. The zero-order valence-electron chi connectivity index (χ0n) is 13.4. The molecule has 0 radical (unpaired) electrons. The van der Waals surface area contributed by atoms with Crippen LogP contribution in [-0.2, 0) is 0 Å². The third kappa shape index (κ3) is 2.76. The summed E-state index contributed by atoms with van der Waals surface area (Å²) in [6.45, 7) is 2.37. The number of hydrogen-bond acceptors (Lipinski definition) is 5. The average Bonchev–Trinajstić information content (AvgIpc) is 3.00. The molecule has 2 aromatic rings. The van der Waals surface area contributed by atoms with Gasteiger partial charge in [0.15, 0.2) is 11.5 Å². The Balaban J connectivity index is 1.62. The molecule has 0 aliphatic carbocycles. The van der Waals surface area contributed by atoms with Crippen molar-refractivity contribution in [2.24, 2.45) is 0 Å². The Bertz CT molecular complexity index is 767. The Morgan fingerprint density at radius 3 is 2.75 bits per heavy atom. The van der Waals surface area contributed by atoms with Gasteiger partial charge in [-0.15, -0.1) is 0 Å². The van der Waals surface area contributed by atoms with Crippen LogP contribution in [0.2, 0.25) is 0 Å². The first-order valence-corrected chi connectivity index (χ1v) is 8.37. The molecule has 122 valence electrons. The number of nitrogens with zero attached hydrogens (tertiary/aromatic N) is 3. The Hall–Kier alpha value is -2.74. The molecule has 1 fully saturated rings. The van der Waals surface area contributed by atoms with E-state index in [1.54, 1.807) is 6.20 Å². The summed E-state index contributed by atoms with van der Waals surface area (Å²) in [7, 11) is 0. The molecule has 1 aromatic heterocycles. The number of fused-ring (bicyclic) bond motifs is 1. The predicted molar refractivity (Wildman–Crippen MR) is 90.3 cm³/mol. The minimum atomic E-state index is 0.280. The van der Waals surface area contributed by atoms with Crippen LogP contribution >= 0.6 is 0 Å². The van der Waals surface area contributed by atoms with Crippen molar-refractivity contribution in [1.29, 1.82) is 5.26 Å². The van der Waals surface area contributed by atoms with E-state index in [0.29, 0.717) is 18.8 Å². The van der Waals surface area contributed by atoms with Crippen molar-refractivity contribution in [2.45, 2.75) is 25.3 Å². The molecule has 5 nitrogen and oxygen atoms in total. The second kappa shape index (κ2) is 6.40. The number of benzene rings is 1. The summed E-state index contributed by atoms with van der Waals surface area (Å²) in [5.41, 5.74) is 1.81. The first-order chi connectivity index (χ1) is 11.8. The molecule has 1 atom stereocenters. The van der Waals surface area contributed by atoms with Crippen molar-refractivity contribution in [3.8, 4) is 17.6 Å². The molecule has 5 heteroatoms. The minimum absolute atomic E-state index is 0.280. The van der Waals surface area contributed by atoms with E-state index in [9.17, 15) is 0 Å². The topological polar surface area (TPSA) is 58.4 Å². The first kappa shape index (κ1) is 14.8. The standard InChI is InChI=1S/C19H19N3O2/c20-12-14-4-7-19(21-13-14)22-8-1-3-16(22)15-5-6-17-18(11-15)24-10-2-9-23-17/h4-7,11,13,16H,1-3,8-10H2/t16-/m0/s1. The SMILES string of the molecule is N#Cc1ccc(N2CCC[C@H]2c2ccc3c(c2)OCCCO3)nc1. The van der Waals surface area contributed by atoms with Crippen molar-refractivity contribution in [3.63, 3.8) is 0 Å². The van der Waals surface area contributed by atoms with Crippen LogP contribution in [-0.4, -0.2) is 24.7 Å². The van der Waals surface area contributed by atoms with Crippen LogP contribution in [0, 0.1) is 11.3 Å². The second-order valence-electron chi connectivity index (χ2n) is 6.12. The highest BCUT2D eigenvalue weighted by Crippen LogP contribution is 2.39. The van der Waals surface area contributed by atoms with Gasteiger partial charge in [0, 0.05) is 19.2 Å². The zero-order valence-corrected chi connectivity index (χ0v) is 13.4. The van der Waals surface area contributed by atoms with Gasteiger partial charge in [-0.1, -0.05) is 6.07 Å². The van der Waals surface area contributed by atoms with Gasteiger partial charge in [0.25, 0.3) is 0 Å². The molecule has 2 aliphatic rings. The van der Waals surface area contributed by atoms with Gasteiger partial charge in [0.2, 0.25) is 0 Å². The van der Waals surface area contributed by atoms with Gasteiger partial charge in [-0.05, 0) is 42.7 Å². The summed E-state index contributed by atoms with van der Waals surface area (Å²) in [5.74, 6) is 2.59. The van der Waals surface area contributed by atoms with Crippen molar-refractivity contribution >= 4 is 5.82 Å². The van der Waals surface area contributed by atoms with Gasteiger partial charge in [-0.3, -0.25) is 0 Å². The maximum Gasteiger partial charge on any atom is 0.161 e. The smallest absolute Gasteiger partial charge is 0.161 e. The zero-order chi connectivity index (χ0) is 16.4. The van der Waals surface area contributed by atoms with E-state index in [-0.39, 0.29) is 6.04 Å². The summed E-state index contributed by atoms with van der Waals surface area (Å²) in [6.07, 6.45) is 4.76. The van der Waals surface area contributed by atoms with Gasteiger partial charge in [-0.25, -0.2) is 4.98 Å². The van der Waals surface area contributed by atoms with E-state index in [4.69, 9.17) is 14.7 Å². The number of aromatic nitrogens is 1. The quantitative estimate of drug-likeness (QED) is 0.848. The molecule has 1 aromatic carbocycles. The second-order valence-corrected chi connectivity index (χ2v) is 6.12. The van der Waals surface area contributed by atoms with Crippen molar-refractivity contribution < 1.29 is 9.47 Å². The Morgan fingerprint density at radius 1 is 1.08 bits per heavy atom. The van der Waals surface area contributed by atoms with Crippen LogP contribution in [0.4, 0.5) is 5.82 Å². The summed E-state index contributed by atoms with van der Waals surface area (Å²) in [6, 6.07) is 12.4. The molecule has 3 heterocycles. The maximum absolute atomic E-state index is 8.93. The highest BCUT2D eigenvalue weighted by molar-refractivity contribution is 5.50. The lowest BCUT2D eigenvalue weighted by Crippen LogP contribution is -2.23. The molecular formula is C19H19N3O2. The predicted octanol–water partition coefficient (Wildman–Crippen LogP) is 3.46. The fraction of sp³-hybridized carbons (Fsp3) is 0.368. The van der Waals surface area contributed by atoms with Gasteiger partial charge in [0.05, 0.1) is 24.8 Å². The molecule has 0 amide bonds. The van der Waals surface area contributed by atoms with Crippen molar-refractivity contribution in [2.75, 3.05) is 24.7 Å². The number of hydrogen-bond donors (Lipinski definition) is 0. The summed E-state index contributed by atoms with van der Waals surface area (Å²) in [4.78, 5) is 6.76. The van der Waals surface area contributed by atoms with Gasteiger partial charge in [-0.2, -0.15) is 5.26 Å². The third-order valence-electron chi connectivity index (χ3n) is 4.58. The highest BCUT2D eigenvalue weighted by Gasteiger charge is 2.28. The lowest BCUT2D eigenvalue weighted by atomic mass is 10.0. The van der Waals surface area contributed by atoms with Crippen LogP contribution in [0.5, 0.6) is 11.5 Å². The molecule has 0 unspecified atom stereocenters. The van der Waals surface area contributed by atoms with E-state index >= 15 is 0 Å². The molecule has 1 saturated heterocycles. The van der Waals surface area contributed by atoms with E-state index in [1.165, 1.54) is 5.56 Å². The number of pyridine rings is 1. The van der Waals surface area contributed by atoms with Crippen LogP contribution < -0.4 is 14.4 Å². The average molecular weight is 321 g/mol. The maximum atomic E-state index is 8.93. The van der Waals surface area contributed by atoms with Crippen LogP contribution in [0.25, 0.3) is 0 Å². The Kier molecular flexibility index (Phi) is 3.96. The Morgan fingerprint density at radius 2 is 1.96 bits per heavy atom. The summed E-state index contributed by atoms with van der Waals surface area (Å²) in [5, 5.41) is 8.93. The molecule has 0 spiro atoms. The number of nitriles is 1. The molecule has 4 rings (SSSR count). The lowest BCUT2D eigenvalue weighted by molar-refractivity contribution is 0.297. The monoisotopic (exact) mass is 321 g/mol. The van der Waals surface area contributed by atoms with Gasteiger partial charge < -0.3 is 14.4 Å². The van der Waals surface area contributed by atoms with Crippen LogP contribution in [0.15, 0.2) is 36.5 Å². The number of ether oxygens (including phenoxy) is 2. The van der Waals surface area contributed by atoms with E-state index < -0.39 is 0 Å². The normalized spacial score (nSPS) is 19.6. The first-order valence-electron chi connectivity index (χ1n) is 8.37. The number of anilines is 1. The minimum Gasteiger partial charge on any atom is -0.490 e. The molecular weight excluding hydrogens is 302 g/mol. The van der Waals surface area contributed by atoms with Crippen LogP contribution in [0.1, 0.15) is 36.4 Å². The number of rotatable bonds is 2. The molecule has 2 aliphatic heterocycles. The summed E-state index contributed by atoms with van der Waals surface area (Å²) < 4.78 is 11.5. The fourth-order valence-corrected chi connectivity index (χ4v) is 3.40. The van der Waals surface area contributed by atoms with Crippen molar-refractivity contribution in [1.82, 2.24) is 4.98 Å². The van der Waals surface area contributed by atoms with E-state index in [1.807, 2.05) is 18.2 Å². The van der Waals surface area contributed by atoms with E-state index in [0.717, 1.165) is 43.1 Å². The lowest BCUT2D eigenvalue weighted by Gasteiger charge is -2.26. The third-order valence-corrected chi connectivity index (χ3v) is 4.58. The van der Waals surface area contributed by atoms with Crippen LogP contribution in [0.3, 0.4) is 0 Å². The van der Waals surface area contributed by atoms with Gasteiger partial charge in [0.1, 0.15) is 11.9 Å². The Labute approximate surface area is 141 Å².